The molecule has 2 aromatic heterocycles. The van der Waals surface area contributed by atoms with Crippen LogP contribution in [0.2, 0.25) is 0 Å². The zero-order chi connectivity index (χ0) is 15.9. The number of thiophene rings is 1. The second-order valence-corrected chi connectivity index (χ2v) is 6.23. The molecule has 112 valence electrons. The highest BCUT2D eigenvalue weighted by Gasteiger charge is 2.15. The Labute approximate surface area is 131 Å². The molecule has 0 unspecified atom stereocenters. The summed E-state index contributed by atoms with van der Waals surface area (Å²) in [4.78, 5) is 22.1. The van der Waals surface area contributed by atoms with Crippen LogP contribution in [0.5, 0.6) is 11.6 Å². The first-order chi connectivity index (χ1) is 10.5. The summed E-state index contributed by atoms with van der Waals surface area (Å²) >= 11 is 1.63. The molecule has 6 heteroatoms. The Bertz CT molecular complexity index is 869. The zero-order valence-electron chi connectivity index (χ0n) is 12.5. The fourth-order valence-electron chi connectivity index (χ4n) is 2.19. The van der Waals surface area contributed by atoms with Gasteiger partial charge in [0.05, 0.1) is 5.39 Å². The van der Waals surface area contributed by atoms with Gasteiger partial charge in [-0.15, -0.1) is 11.3 Å². The second-order valence-electron chi connectivity index (χ2n) is 5.03. The SMILES string of the molecule is Cc1nc(Oc2ccc(C(N)=O)cc2)c2c(C)c(C)sc2n1. The Morgan fingerprint density at radius 2 is 1.82 bits per heavy atom. The minimum absolute atomic E-state index is 0.443. The Balaban J connectivity index is 2.04. The van der Waals surface area contributed by atoms with Gasteiger partial charge < -0.3 is 10.5 Å². The van der Waals surface area contributed by atoms with Gasteiger partial charge in [0.1, 0.15) is 16.4 Å². The molecule has 0 saturated carbocycles. The summed E-state index contributed by atoms with van der Waals surface area (Å²) in [6, 6.07) is 6.68. The third-order valence-corrected chi connectivity index (χ3v) is 4.56. The van der Waals surface area contributed by atoms with Crippen molar-refractivity contribution in [3.63, 3.8) is 0 Å². The predicted molar refractivity (Wildman–Crippen MR) is 86.7 cm³/mol. The molecule has 0 bridgehead atoms. The van der Waals surface area contributed by atoms with Crippen LogP contribution < -0.4 is 10.5 Å². The zero-order valence-corrected chi connectivity index (χ0v) is 13.3. The lowest BCUT2D eigenvalue weighted by molar-refractivity contribution is 0.100. The maximum absolute atomic E-state index is 11.1. The van der Waals surface area contributed by atoms with Crippen LogP contribution in [0.1, 0.15) is 26.6 Å². The van der Waals surface area contributed by atoms with E-state index in [0.717, 1.165) is 15.8 Å². The van der Waals surface area contributed by atoms with E-state index in [1.165, 1.54) is 4.88 Å². The van der Waals surface area contributed by atoms with Crippen molar-refractivity contribution in [1.82, 2.24) is 9.97 Å². The van der Waals surface area contributed by atoms with Gasteiger partial charge in [-0.05, 0) is 50.6 Å². The third kappa shape index (κ3) is 2.53. The molecule has 0 atom stereocenters. The fraction of sp³-hybridized carbons (Fsp3) is 0.188. The van der Waals surface area contributed by atoms with Crippen LogP contribution in [0.3, 0.4) is 0 Å². The van der Waals surface area contributed by atoms with Gasteiger partial charge in [-0.3, -0.25) is 4.79 Å². The van der Waals surface area contributed by atoms with Crippen molar-refractivity contribution in [3.8, 4) is 11.6 Å². The van der Waals surface area contributed by atoms with Crippen molar-refractivity contribution in [1.29, 1.82) is 0 Å². The van der Waals surface area contributed by atoms with Gasteiger partial charge in [0.2, 0.25) is 11.8 Å². The van der Waals surface area contributed by atoms with Crippen LogP contribution in [0.4, 0.5) is 0 Å². The number of hydrogen-bond donors (Lipinski definition) is 1. The van der Waals surface area contributed by atoms with Gasteiger partial charge in [-0.1, -0.05) is 0 Å². The number of ether oxygens (including phenoxy) is 1. The molecule has 3 rings (SSSR count). The standard InChI is InChI=1S/C16H15N3O2S/c1-8-9(2)22-16-13(8)15(18-10(3)19-16)21-12-6-4-11(5-7-12)14(17)20/h4-7H,1-3H3,(H2,17,20). The molecule has 0 spiro atoms. The van der Waals surface area contributed by atoms with Crippen molar-refractivity contribution in [2.45, 2.75) is 20.8 Å². The molecule has 0 aliphatic carbocycles. The van der Waals surface area contributed by atoms with Crippen molar-refractivity contribution in [2.24, 2.45) is 5.73 Å². The Hall–Kier alpha value is -2.47. The highest BCUT2D eigenvalue weighted by molar-refractivity contribution is 7.18. The molecule has 3 aromatic rings. The van der Waals surface area contributed by atoms with Crippen molar-refractivity contribution >= 4 is 27.5 Å². The summed E-state index contributed by atoms with van der Waals surface area (Å²) in [5.74, 6) is 1.34. The monoisotopic (exact) mass is 313 g/mol. The van der Waals surface area contributed by atoms with E-state index in [-0.39, 0.29) is 0 Å². The van der Waals surface area contributed by atoms with Gasteiger partial charge in [0, 0.05) is 10.4 Å². The van der Waals surface area contributed by atoms with E-state index in [4.69, 9.17) is 10.5 Å². The summed E-state index contributed by atoms with van der Waals surface area (Å²) in [5.41, 5.74) is 6.81. The van der Waals surface area contributed by atoms with E-state index in [1.54, 1.807) is 35.6 Å². The average molecular weight is 313 g/mol. The number of nitrogens with two attached hydrogens (primary N) is 1. The first kappa shape index (κ1) is 14.5. The summed E-state index contributed by atoms with van der Waals surface area (Å²) < 4.78 is 5.90. The number of rotatable bonds is 3. The number of primary amides is 1. The quantitative estimate of drug-likeness (QED) is 0.802. The van der Waals surface area contributed by atoms with Crippen molar-refractivity contribution < 1.29 is 9.53 Å². The number of aryl methyl sites for hydroxylation is 3. The lowest BCUT2D eigenvalue weighted by atomic mass is 10.2. The molecule has 1 aromatic carbocycles. The van der Waals surface area contributed by atoms with Gasteiger partial charge in [0.25, 0.3) is 0 Å². The van der Waals surface area contributed by atoms with Gasteiger partial charge in [0.15, 0.2) is 0 Å². The topological polar surface area (TPSA) is 78.1 Å². The van der Waals surface area contributed by atoms with Crippen molar-refractivity contribution in [2.75, 3.05) is 0 Å². The Kier molecular flexibility index (Phi) is 3.54. The molecule has 0 aliphatic rings. The summed E-state index contributed by atoms with van der Waals surface area (Å²) in [6.45, 7) is 5.94. The number of aromatic nitrogens is 2. The molecule has 0 aliphatic heterocycles. The Morgan fingerprint density at radius 3 is 2.45 bits per heavy atom. The lowest BCUT2D eigenvalue weighted by Crippen LogP contribution is -2.10. The van der Waals surface area contributed by atoms with Crippen LogP contribution in [0, 0.1) is 20.8 Å². The molecule has 2 heterocycles. The van der Waals surface area contributed by atoms with Gasteiger partial charge in [-0.25, -0.2) is 4.98 Å². The van der Waals surface area contributed by atoms with Crippen LogP contribution in [0.25, 0.3) is 10.2 Å². The minimum Gasteiger partial charge on any atom is -0.438 e. The number of benzene rings is 1. The molecule has 22 heavy (non-hydrogen) atoms. The molecule has 2 N–H and O–H groups in total. The van der Waals surface area contributed by atoms with E-state index in [1.807, 2.05) is 13.8 Å². The maximum Gasteiger partial charge on any atom is 0.248 e. The number of hydrogen-bond acceptors (Lipinski definition) is 5. The first-order valence-electron chi connectivity index (χ1n) is 6.78. The number of carbonyl (C=O) groups is 1. The average Bonchev–Trinajstić information content (AvgIpc) is 2.74. The van der Waals surface area contributed by atoms with E-state index >= 15 is 0 Å². The van der Waals surface area contributed by atoms with E-state index < -0.39 is 5.91 Å². The van der Waals surface area contributed by atoms with E-state index in [9.17, 15) is 4.79 Å². The van der Waals surface area contributed by atoms with Crippen LogP contribution in [-0.4, -0.2) is 15.9 Å². The third-order valence-electron chi connectivity index (χ3n) is 3.46. The summed E-state index contributed by atoms with van der Waals surface area (Å²) in [6.07, 6.45) is 0. The number of nitrogens with zero attached hydrogens (tertiary/aromatic N) is 2. The predicted octanol–water partition coefficient (Wildman–Crippen LogP) is 3.51. The second kappa shape index (κ2) is 5.38. The molecule has 0 fully saturated rings. The lowest BCUT2D eigenvalue weighted by Gasteiger charge is -2.08. The number of carbonyl (C=O) groups excluding carboxylic acids is 1. The van der Waals surface area contributed by atoms with E-state index in [0.29, 0.717) is 23.0 Å². The highest BCUT2D eigenvalue weighted by Crippen LogP contribution is 2.36. The fourth-order valence-corrected chi connectivity index (χ4v) is 3.25. The smallest absolute Gasteiger partial charge is 0.248 e. The molecular formula is C16H15N3O2S. The van der Waals surface area contributed by atoms with Crippen LogP contribution >= 0.6 is 11.3 Å². The molecular weight excluding hydrogens is 298 g/mol. The summed E-state index contributed by atoms with van der Waals surface area (Å²) in [7, 11) is 0. The minimum atomic E-state index is -0.462. The molecule has 0 saturated heterocycles. The van der Waals surface area contributed by atoms with E-state index in [2.05, 4.69) is 16.9 Å². The largest absolute Gasteiger partial charge is 0.438 e. The van der Waals surface area contributed by atoms with Gasteiger partial charge >= 0.3 is 0 Å². The van der Waals surface area contributed by atoms with Crippen molar-refractivity contribution in [3.05, 3.63) is 46.1 Å². The maximum atomic E-state index is 11.1. The normalized spacial score (nSPS) is 10.9. The Morgan fingerprint density at radius 1 is 1.14 bits per heavy atom. The van der Waals surface area contributed by atoms with Crippen LogP contribution in [-0.2, 0) is 0 Å². The first-order valence-corrected chi connectivity index (χ1v) is 7.59. The molecule has 0 radical (unpaired) electrons. The number of amides is 1. The molecule has 5 nitrogen and oxygen atoms in total. The van der Waals surface area contributed by atoms with Gasteiger partial charge in [-0.2, -0.15) is 4.98 Å². The van der Waals surface area contributed by atoms with Crippen LogP contribution in [0.15, 0.2) is 24.3 Å². The highest BCUT2D eigenvalue weighted by atomic mass is 32.1. The molecule has 1 amide bonds. The number of fused-ring (bicyclic) bond motifs is 1. The summed E-state index contributed by atoms with van der Waals surface area (Å²) in [5, 5.41) is 0.937.